The molecule has 4 rings (SSSR count). The number of alkyl halides is 3. The van der Waals surface area contributed by atoms with Crippen LogP contribution in [0.1, 0.15) is 34.1 Å². The first kappa shape index (κ1) is 25.7. The molecular formula is C23H35F3N4O3S. The van der Waals surface area contributed by atoms with E-state index in [-0.39, 0.29) is 24.4 Å². The fraction of sp³-hybridized carbons (Fsp3) is 0.783. The van der Waals surface area contributed by atoms with Crippen LogP contribution >= 0.6 is 11.9 Å². The van der Waals surface area contributed by atoms with Crippen molar-refractivity contribution in [2.75, 3.05) is 62.4 Å². The van der Waals surface area contributed by atoms with Gasteiger partial charge in [-0.25, -0.2) is 4.31 Å². The minimum absolute atomic E-state index is 0.103. The zero-order valence-corrected chi connectivity index (χ0v) is 21.1. The smallest absolute Gasteiger partial charge is 0.410 e. The van der Waals surface area contributed by atoms with E-state index >= 15 is 0 Å². The fourth-order valence-corrected chi connectivity index (χ4v) is 5.68. The number of hydrogen-bond donors (Lipinski definition) is 0. The van der Waals surface area contributed by atoms with Crippen molar-refractivity contribution in [2.24, 2.45) is 0 Å². The van der Waals surface area contributed by atoms with Gasteiger partial charge in [-0.15, -0.1) is 0 Å². The third kappa shape index (κ3) is 6.41. The van der Waals surface area contributed by atoms with E-state index in [9.17, 15) is 13.2 Å². The number of ether oxygens (including phenoxy) is 3. The van der Waals surface area contributed by atoms with Crippen molar-refractivity contribution in [1.29, 1.82) is 0 Å². The number of morpholine rings is 1. The Morgan fingerprint density at radius 1 is 1.03 bits per heavy atom. The van der Waals surface area contributed by atoms with Crippen LogP contribution < -0.4 is 14.5 Å². The molecule has 192 valence electrons. The number of nitrogens with zero attached hydrogens (tertiary/aromatic N) is 4. The zero-order valence-electron chi connectivity index (χ0n) is 20.3. The Labute approximate surface area is 204 Å². The van der Waals surface area contributed by atoms with E-state index in [2.05, 4.69) is 9.88 Å². The monoisotopic (exact) mass is 504 g/mol. The molecule has 0 bridgehead atoms. The lowest BCUT2D eigenvalue weighted by molar-refractivity contribution is -0.153. The first-order valence-electron chi connectivity index (χ1n) is 11.9. The normalized spacial score (nSPS) is 27.3. The lowest BCUT2D eigenvalue weighted by atomic mass is 10.1. The molecule has 1 aromatic rings. The van der Waals surface area contributed by atoms with Gasteiger partial charge in [0.1, 0.15) is 17.5 Å². The molecule has 3 unspecified atom stereocenters. The van der Waals surface area contributed by atoms with Crippen LogP contribution in [-0.4, -0.2) is 91.0 Å². The van der Waals surface area contributed by atoms with Crippen LogP contribution in [0.2, 0.25) is 0 Å². The van der Waals surface area contributed by atoms with Gasteiger partial charge in [0.15, 0.2) is 0 Å². The molecule has 0 aromatic carbocycles. The van der Waals surface area contributed by atoms with Gasteiger partial charge < -0.3 is 24.0 Å². The number of piperazine rings is 1. The summed E-state index contributed by atoms with van der Waals surface area (Å²) < 4.78 is 61.6. The summed E-state index contributed by atoms with van der Waals surface area (Å²) >= 11 is 1.50. The summed E-state index contributed by atoms with van der Waals surface area (Å²) in [6, 6.07) is 2.05. The average Bonchev–Trinajstić information content (AvgIpc) is 3.25. The maximum Gasteiger partial charge on any atom is 0.410 e. The standard InChI is InChI=1S/C23H35F3N4O3S/c1-16-14-32-10-8-29(16)17-11-20(27-21(12-17)33-22(2,3)4)30-7-6-28(13-19(30)23(24,25)26)34-18-5-9-31-15-18/h11-12,16,18-19H,5-10,13-15H2,1-4H3. The summed E-state index contributed by atoms with van der Waals surface area (Å²) in [6.45, 7) is 11.5. The Kier molecular flexibility index (Phi) is 7.76. The highest BCUT2D eigenvalue weighted by Crippen LogP contribution is 2.37. The molecule has 7 nitrogen and oxygen atoms in total. The number of pyridine rings is 1. The van der Waals surface area contributed by atoms with Gasteiger partial charge in [0.05, 0.1) is 19.8 Å². The van der Waals surface area contributed by atoms with Crippen LogP contribution in [0.15, 0.2) is 12.1 Å². The molecule has 3 aliphatic heterocycles. The maximum absolute atomic E-state index is 14.3. The highest BCUT2D eigenvalue weighted by atomic mass is 32.2. The summed E-state index contributed by atoms with van der Waals surface area (Å²) in [7, 11) is 0. The van der Waals surface area contributed by atoms with E-state index < -0.39 is 17.8 Å². The van der Waals surface area contributed by atoms with Gasteiger partial charge in [0.25, 0.3) is 0 Å². The van der Waals surface area contributed by atoms with E-state index in [0.717, 1.165) is 12.1 Å². The predicted molar refractivity (Wildman–Crippen MR) is 128 cm³/mol. The molecule has 3 atom stereocenters. The van der Waals surface area contributed by atoms with Gasteiger partial charge >= 0.3 is 6.18 Å². The summed E-state index contributed by atoms with van der Waals surface area (Å²) in [6.07, 6.45) is -3.52. The molecule has 11 heteroatoms. The van der Waals surface area contributed by atoms with Crippen LogP contribution in [0.3, 0.4) is 0 Å². The number of hydrogen-bond acceptors (Lipinski definition) is 8. The highest BCUT2D eigenvalue weighted by molar-refractivity contribution is 7.97. The third-order valence-corrected chi connectivity index (χ3v) is 7.38. The Hall–Kier alpha value is -1.43. The van der Waals surface area contributed by atoms with Crippen molar-refractivity contribution >= 4 is 23.5 Å². The molecule has 0 N–H and O–H groups in total. The van der Waals surface area contributed by atoms with Crippen molar-refractivity contribution < 1.29 is 27.4 Å². The van der Waals surface area contributed by atoms with Crippen molar-refractivity contribution in [2.45, 2.75) is 63.2 Å². The first-order chi connectivity index (χ1) is 16.0. The van der Waals surface area contributed by atoms with Gasteiger partial charge in [0.2, 0.25) is 5.88 Å². The maximum atomic E-state index is 14.3. The Morgan fingerprint density at radius 3 is 2.44 bits per heavy atom. The van der Waals surface area contributed by atoms with Crippen LogP contribution in [0.4, 0.5) is 24.7 Å². The topological polar surface area (TPSA) is 50.3 Å². The molecule has 3 fully saturated rings. The van der Waals surface area contributed by atoms with Crippen molar-refractivity contribution in [3.05, 3.63) is 12.1 Å². The summed E-state index contributed by atoms with van der Waals surface area (Å²) in [5.41, 5.74) is 0.280. The van der Waals surface area contributed by atoms with E-state index in [1.807, 2.05) is 38.1 Å². The molecule has 34 heavy (non-hydrogen) atoms. The Balaban J connectivity index is 1.63. The largest absolute Gasteiger partial charge is 0.472 e. The molecule has 0 amide bonds. The van der Waals surface area contributed by atoms with Gasteiger partial charge in [-0.3, -0.25) is 0 Å². The van der Waals surface area contributed by atoms with Gasteiger partial charge in [-0.2, -0.15) is 18.2 Å². The van der Waals surface area contributed by atoms with Gasteiger partial charge in [0, 0.05) is 61.9 Å². The fourth-order valence-electron chi connectivity index (χ4n) is 4.48. The zero-order chi connectivity index (χ0) is 24.5. The van der Waals surface area contributed by atoms with E-state index in [1.165, 1.54) is 16.8 Å². The first-order valence-corrected chi connectivity index (χ1v) is 12.7. The predicted octanol–water partition coefficient (Wildman–Crippen LogP) is 3.97. The second kappa shape index (κ2) is 10.3. The third-order valence-electron chi connectivity index (χ3n) is 6.08. The van der Waals surface area contributed by atoms with Crippen LogP contribution in [0.25, 0.3) is 0 Å². The molecule has 0 saturated carbocycles. The molecule has 0 spiro atoms. The highest BCUT2D eigenvalue weighted by Gasteiger charge is 2.48. The summed E-state index contributed by atoms with van der Waals surface area (Å²) in [4.78, 5) is 8.10. The SMILES string of the molecule is CC1COCCN1c1cc(OC(C)(C)C)nc(N2CCN(SC3CCOC3)CC2C(F)(F)F)c1. The number of aromatic nitrogens is 1. The average molecular weight is 505 g/mol. The quantitative estimate of drug-likeness (QED) is 0.559. The van der Waals surface area contributed by atoms with Crippen molar-refractivity contribution in [3.63, 3.8) is 0 Å². The molecule has 0 radical (unpaired) electrons. The minimum Gasteiger partial charge on any atom is -0.472 e. The van der Waals surface area contributed by atoms with Crippen LogP contribution in [0, 0.1) is 0 Å². The number of anilines is 2. The second-order valence-corrected chi connectivity index (χ2v) is 11.5. The molecular weight excluding hydrogens is 469 g/mol. The minimum atomic E-state index is -4.39. The van der Waals surface area contributed by atoms with E-state index in [4.69, 9.17) is 14.2 Å². The summed E-state index contributed by atoms with van der Waals surface area (Å²) in [5.74, 6) is 0.631. The van der Waals surface area contributed by atoms with E-state index in [1.54, 1.807) is 6.07 Å². The van der Waals surface area contributed by atoms with E-state index in [0.29, 0.717) is 51.2 Å². The Bertz CT molecular complexity index is 833. The lowest BCUT2D eigenvalue weighted by Crippen LogP contribution is -2.58. The Morgan fingerprint density at radius 2 is 1.79 bits per heavy atom. The van der Waals surface area contributed by atoms with Gasteiger partial charge in [-0.05, 0) is 34.1 Å². The van der Waals surface area contributed by atoms with Gasteiger partial charge in [-0.1, -0.05) is 11.9 Å². The molecule has 0 aliphatic carbocycles. The van der Waals surface area contributed by atoms with Crippen molar-refractivity contribution in [1.82, 2.24) is 9.29 Å². The molecule has 3 saturated heterocycles. The number of rotatable bonds is 5. The lowest BCUT2D eigenvalue weighted by Gasteiger charge is -2.43. The molecule has 3 aliphatic rings. The van der Waals surface area contributed by atoms with Crippen LogP contribution in [-0.2, 0) is 9.47 Å². The van der Waals surface area contributed by atoms with Crippen molar-refractivity contribution in [3.8, 4) is 5.88 Å². The molecule has 4 heterocycles. The number of halogens is 3. The van der Waals surface area contributed by atoms with Crippen LogP contribution in [0.5, 0.6) is 5.88 Å². The summed E-state index contributed by atoms with van der Waals surface area (Å²) in [5, 5.41) is 0.219. The molecule has 1 aromatic heterocycles. The second-order valence-electron chi connectivity index (χ2n) is 10.1.